The number of aromatic nitrogens is 3. The second kappa shape index (κ2) is 9.94. The van der Waals surface area contributed by atoms with Crippen molar-refractivity contribution in [3.05, 3.63) is 53.2 Å². The molecule has 10 heteroatoms. The summed E-state index contributed by atoms with van der Waals surface area (Å²) in [6.07, 6.45) is 6.64. The minimum absolute atomic E-state index is 0.0565. The summed E-state index contributed by atoms with van der Waals surface area (Å²) in [5, 5.41) is 12.0. The van der Waals surface area contributed by atoms with E-state index >= 15 is 0 Å². The zero-order valence-electron chi connectivity index (χ0n) is 16.7. The predicted molar refractivity (Wildman–Crippen MR) is 116 cm³/mol. The summed E-state index contributed by atoms with van der Waals surface area (Å²) < 4.78 is 0. The van der Waals surface area contributed by atoms with Gasteiger partial charge < -0.3 is 16.4 Å². The number of hydrazone groups is 1. The van der Waals surface area contributed by atoms with Gasteiger partial charge in [0, 0.05) is 25.7 Å². The number of anilines is 2. The lowest BCUT2D eigenvalue weighted by Crippen LogP contribution is -2.31. The Bertz CT molecular complexity index is 882. The maximum Gasteiger partial charge on any atom is 0.233 e. The molecule has 0 saturated carbocycles. The number of rotatable bonds is 9. The molecular formula is C19H25ClN8O. The monoisotopic (exact) mass is 416 g/mol. The molecule has 0 unspecified atom stereocenters. The third-order valence-corrected chi connectivity index (χ3v) is 4.23. The van der Waals surface area contributed by atoms with Crippen LogP contribution in [0.5, 0.6) is 0 Å². The molecule has 0 aromatic carbocycles. The van der Waals surface area contributed by atoms with Crippen molar-refractivity contribution < 1.29 is 4.79 Å². The van der Waals surface area contributed by atoms with Crippen molar-refractivity contribution in [1.29, 1.82) is 0 Å². The van der Waals surface area contributed by atoms with Crippen LogP contribution < -0.4 is 21.4 Å². The molecule has 0 atom stereocenters. The van der Waals surface area contributed by atoms with Crippen molar-refractivity contribution in [1.82, 2.24) is 20.3 Å². The van der Waals surface area contributed by atoms with E-state index in [1.807, 2.05) is 20.8 Å². The van der Waals surface area contributed by atoms with Crippen LogP contribution >= 0.6 is 11.6 Å². The highest BCUT2D eigenvalue weighted by atomic mass is 35.5. The number of nitrogens with two attached hydrogens (primary N) is 1. The lowest BCUT2D eigenvalue weighted by Gasteiger charge is -2.26. The molecule has 0 spiro atoms. The standard InChI is InChI=1S/C19H25ClN8O/c1-13(9-24-16(29)8-21)12-28(22-4)14-10-25-18(26-11-14)27-19(2,3)17-15(20)6-5-7-23-17/h5-7,10-12H,4,8-9,21H2,1-3H3,(H,24,29)(H,25,26,27)/b13-12+. The summed E-state index contributed by atoms with van der Waals surface area (Å²) in [6.45, 7) is 9.59. The van der Waals surface area contributed by atoms with E-state index in [1.165, 1.54) is 5.01 Å². The lowest BCUT2D eigenvalue weighted by atomic mass is 10.00. The molecule has 0 radical (unpaired) electrons. The molecule has 154 valence electrons. The van der Waals surface area contributed by atoms with Gasteiger partial charge in [0.05, 0.1) is 35.2 Å². The Balaban J connectivity index is 2.11. The molecule has 0 bridgehead atoms. The highest BCUT2D eigenvalue weighted by Crippen LogP contribution is 2.28. The summed E-state index contributed by atoms with van der Waals surface area (Å²) in [4.78, 5) is 24.3. The minimum Gasteiger partial charge on any atom is -0.351 e. The molecule has 1 amide bonds. The van der Waals surface area contributed by atoms with E-state index in [4.69, 9.17) is 17.3 Å². The minimum atomic E-state index is -0.575. The molecular weight excluding hydrogens is 392 g/mol. The second-order valence-electron chi connectivity index (χ2n) is 6.79. The molecule has 0 fully saturated rings. The van der Waals surface area contributed by atoms with Crippen LogP contribution in [0, 0.1) is 0 Å². The Morgan fingerprint density at radius 1 is 1.38 bits per heavy atom. The molecule has 4 N–H and O–H groups in total. The first kappa shape index (κ1) is 22.3. The zero-order valence-corrected chi connectivity index (χ0v) is 17.4. The second-order valence-corrected chi connectivity index (χ2v) is 7.20. The van der Waals surface area contributed by atoms with E-state index in [9.17, 15) is 4.79 Å². The average molecular weight is 417 g/mol. The van der Waals surface area contributed by atoms with E-state index in [2.05, 4.69) is 37.4 Å². The maximum absolute atomic E-state index is 11.3. The third kappa shape index (κ3) is 6.23. The van der Waals surface area contributed by atoms with Crippen molar-refractivity contribution in [3.63, 3.8) is 0 Å². The summed E-state index contributed by atoms with van der Waals surface area (Å²) in [7, 11) is 0. The highest BCUT2D eigenvalue weighted by molar-refractivity contribution is 6.31. The zero-order chi connectivity index (χ0) is 21.4. The largest absolute Gasteiger partial charge is 0.351 e. The Labute approximate surface area is 175 Å². The van der Waals surface area contributed by atoms with Gasteiger partial charge in [0.1, 0.15) is 5.69 Å². The van der Waals surface area contributed by atoms with Crippen molar-refractivity contribution in [2.24, 2.45) is 10.8 Å². The molecule has 0 aliphatic heterocycles. The van der Waals surface area contributed by atoms with Crippen LogP contribution in [0.3, 0.4) is 0 Å². The van der Waals surface area contributed by atoms with Gasteiger partial charge in [-0.05, 0) is 38.5 Å². The first-order valence-corrected chi connectivity index (χ1v) is 9.25. The van der Waals surface area contributed by atoms with Gasteiger partial charge in [0.2, 0.25) is 11.9 Å². The number of hydrogen-bond acceptors (Lipinski definition) is 8. The molecule has 2 aromatic heterocycles. The van der Waals surface area contributed by atoms with Gasteiger partial charge in [-0.1, -0.05) is 11.6 Å². The smallest absolute Gasteiger partial charge is 0.233 e. The van der Waals surface area contributed by atoms with Crippen LogP contribution in [-0.2, 0) is 10.3 Å². The molecule has 2 heterocycles. The van der Waals surface area contributed by atoms with Crippen molar-refractivity contribution in [2.45, 2.75) is 26.3 Å². The fraction of sp³-hybridized carbons (Fsp3) is 0.316. The summed E-state index contributed by atoms with van der Waals surface area (Å²) in [5.41, 5.74) is 6.87. The van der Waals surface area contributed by atoms with Crippen LogP contribution in [0.1, 0.15) is 26.5 Å². The van der Waals surface area contributed by atoms with E-state index in [1.54, 1.807) is 36.9 Å². The maximum atomic E-state index is 11.3. The van der Waals surface area contributed by atoms with Crippen molar-refractivity contribution >= 4 is 35.9 Å². The first-order valence-electron chi connectivity index (χ1n) is 8.88. The number of amides is 1. The lowest BCUT2D eigenvalue weighted by molar-refractivity contribution is -0.119. The van der Waals surface area contributed by atoms with Crippen LogP contribution in [0.2, 0.25) is 5.02 Å². The fourth-order valence-electron chi connectivity index (χ4n) is 2.45. The number of pyridine rings is 1. The normalized spacial score (nSPS) is 11.7. The Morgan fingerprint density at radius 2 is 2.07 bits per heavy atom. The summed E-state index contributed by atoms with van der Waals surface area (Å²) in [6, 6.07) is 3.57. The number of carbonyl (C=O) groups is 1. The molecule has 9 nitrogen and oxygen atoms in total. The topological polar surface area (TPSA) is 121 Å². The Kier molecular flexibility index (Phi) is 7.63. The Hall–Kier alpha value is -3.04. The van der Waals surface area contributed by atoms with Gasteiger partial charge in [-0.25, -0.2) is 15.0 Å². The third-order valence-electron chi connectivity index (χ3n) is 3.92. The van der Waals surface area contributed by atoms with E-state index in [0.29, 0.717) is 28.9 Å². The predicted octanol–water partition coefficient (Wildman–Crippen LogP) is 2.27. The molecule has 2 rings (SSSR count). The number of hydrogen-bond donors (Lipinski definition) is 3. The van der Waals surface area contributed by atoms with Crippen LogP contribution in [0.15, 0.2) is 47.6 Å². The van der Waals surface area contributed by atoms with Crippen molar-refractivity contribution in [3.8, 4) is 0 Å². The molecule has 0 saturated heterocycles. The number of carbonyl (C=O) groups excluding carboxylic acids is 1. The molecule has 2 aromatic rings. The van der Waals surface area contributed by atoms with Crippen LogP contribution in [-0.4, -0.2) is 40.7 Å². The van der Waals surface area contributed by atoms with Gasteiger partial charge in [0.15, 0.2) is 0 Å². The quantitative estimate of drug-likeness (QED) is 0.423. The van der Waals surface area contributed by atoms with Gasteiger partial charge in [-0.3, -0.25) is 9.78 Å². The van der Waals surface area contributed by atoms with Gasteiger partial charge in [0.25, 0.3) is 0 Å². The van der Waals surface area contributed by atoms with Crippen molar-refractivity contribution in [2.75, 3.05) is 23.4 Å². The number of halogens is 1. The summed E-state index contributed by atoms with van der Waals surface area (Å²) in [5.74, 6) is 0.186. The average Bonchev–Trinajstić information content (AvgIpc) is 2.70. The molecule has 0 aliphatic rings. The number of nitrogens with one attached hydrogen (secondary N) is 2. The molecule has 0 aliphatic carbocycles. The highest BCUT2D eigenvalue weighted by Gasteiger charge is 2.25. The first-order chi connectivity index (χ1) is 13.8. The van der Waals surface area contributed by atoms with E-state index in [0.717, 1.165) is 5.57 Å². The molecule has 29 heavy (non-hydrogen) atoms. The van der Waals surface area contributed by atoms with Gasteiger partial charge in [-0.15, -0.1) is 0 Å². The number of nitrogens with zero attached hydrogens (tertiary/aromatic N) is 5. The van der Waals surface area contributed by atoms with E-state index < -0.39 is 5.54 Å². The summed E-state index contributed by atoms with van der Waals surface area (Å²) >= 11 is 6.25. The van der Waals surface area contributed by atoms with E-state index in [-0.39, 0.29) is 12.5 Å². The Morgan fingerprint density at radius 3 is 2.66 bits per heavy atom. The van der Waals surface area contributed by atoms with Gasteiger partial charge >= 0.3 is 0 Å². The fourth-order valence-corrected chi connectivity index (χ4v) is 2.81. The SMILES string of the molecule is C=NN(/C=C(\C)CNC(=O)CN)c1cnc(NC(C)(C)c2ncccc2Cl)nc1. The van der Waals surface area contributed by atoms with Gasteiger partial charge in [-0.2, -0.15) is 5.10 Å². The van der Waals surface area contributed by atoms with Crippen LogP contribution in [0.25, 0.3) is 0 Å². The van der Waals surface area contributed by atoms with Crippen LogP contribution in [0.4, 0.5) is 11.6 Å².